The lowest BCUT2D eigenvalue weighted by Gasteiger charge is -2.27. The fourth-order valence-corrected chi connectivity index (χ4v) is 8.44. The van der Waals surface area contributed by atoms with E-state index < -0.39 is 0 Å². The topological polar surface area (TPSA) is 34.0 Å². The molecule has 4 heteroatoms. The number of nitrogens with zero attached hydrogens (tertiary/aromatic N) is 4. The van der Waals surface area contributed by atoms with Gasteiger partial charge in [-0.2, -0.15) is 0 Å². The number of hydrogen-bond acceptors (Lipinski definition) is 3. The van der Waals surface area contributed by atoms with Crippen molar-refractivity contribution in [1.82, 2.24) is 14.5 Å². The molecule has 11 rings (SSSR count). The van der Waals surface area contributed by atoms with Crippen molar-refractivity contribution in [2.24, 2.45) is 0 Å². The quantitative estimate of drug-likeness (QED) is 0.163. The van der Waals surface area contributed by atoms with Crippen molar-refractivity contribution in [3.8, 4) is 39.5 Å². The molecule has 0 aliphatic heterocycles. The molecule has 0 amide bonds. The zero-order valence-electron chi connectivity index (χ0n) is 31.6. The summed E-state index contributed by atoms with van der Waals surface area (Å²) in [5.74, 6) is 0.694. The van der Waals surface area contributed by atoms with Gasteiger partial charge < -0.3 is 9.47 Å². The first kappa shape index (κ1) is 33.5. The lowest BCUT2D eigenvalue weighted by molar-refractivity contribution is 1.17. The van der Waals surface area contributed by atoms with Crippen LogP contribution in [0.4, 0.5) is 17.1 Å². The summed E-state index contributed by atoms with van der Waals surface area (Å²) < 4.78 is 2.38. The summed E-state index contributed by atoms with van der Waals surface area (Å²) in [7, 11) is 0. The molecule has 0 saturated carbocycles. The van der Waals surface area contributed by atoms with Gasteiger partial charge in [0.15, 0.2) is 5.82 Å². The molecule has 0 radical (unpaired) electrons. The maximum atomic E-state index is 5.31. The van der Waals surface area contributed by atoms with E-state index in [1.165, 1.54) is 32.7 Å². The fraction of sp³-hybridized carbons (Fsp3) is 0. The summed E-state index contributed by atoms with van der Waals surface area (Å²) in [5, 5.41) is 5.80. The first-order chi connectivity index (χ1) is 28.8. The van der Waals surface area contributed by atoms with Gasteiger partial charge in [-0.15, -0.1) is 0 Å². The van der Waals surface area contributed by atoms with Crippen LogP contribution in [0.1, 0.15) is 0 Å². The smallest absolute Gasteiger partial charge is 0.160 e. The Morgan fingerprint density at radius 3 is 1.81 bits per heavy atom. The van der Waals surface area contributed by atoms with Gasteiger partial charge in [-0.25, -0.2) is 9.97 Å². The molecule has 0 N–H and O–H groups in total. The highest BCUT2D eigenvalue weighted by Gasteiger charge is 2.19. The van der Waals surface area contributed by atoms with Gasteiger partial charge in [-0.05, 0) is 71.1 Å². The van der Waals surface area contributed by atoms with Crippen molar-refractivity contribution in [2.45, 2.75) is 0 Å². The van der Waals surface area contributed by atoms with Crippen molar-refractivity contribution < 1.29 is 0 Å². The summed E-state index contributed by atoms with van der Waals surface area (Å²) >= 11 is 0. The highest BCUT2D eigenvalue weighted by molar-refractivity contribution is 6.10. The number of rotatable bonds is 7. The molecule has 4 nitrogen and oxygen atoms in total. The van der Waals surface area contributed by atoms with Gasteiger partial charge >= 0.3 is 0 Å². The van der Waals surface area contributed by atoms with E-state index in [2.05, 4.69) is 216 Å². The molecule has 58 heavy (non-hydrogen) atoms. The Bertz CT molecular complexity index is 3270. The molecular formula is C54H36N4. The zero-order valence-corrected chi connectivity index (χ0v) is 31.6. The molecule has 0 spiro atoms. The Hall–Kier alpha value is -7.82. The molecule has 2 aromatic heterocycles. The third kappa shape index (κ3) is 5.78. The Labute approximate surface area is 336 Å². The monoisotopic (exact) mass is 740 g/mol. The fourth-order valence-electron chi connectivity index (χ4n) is 8.44. The van der Waals surface area contributed by atoms with Crippen molar-refractivity contribution in [3.63, 3.8) is 0 Å². The molecule has 0 aliphatic carbocycles. The largest absolute Gasteiger partial charge is 0.310 e. The second kappa shape index (κ2) is 14.0. The van der Waals surface area contributed by atoms with E-state index in [0.717, 1.165) is 61.5 Å². The third-order valence-corrected chi connectivity index (χ3v) is 11.2. The number of benzene rings is 9. The van der Waals surface area contributed by atoms with Crippen LogP contribution in [0, 0.1) is 0 Å². The normalized spacial score (nSPS) is 11.4. The van der Waals surface area contributed by atoms with E-state index in [1.54, 1.807) is 0 Å². The number of aromatic nitrogens is 3. The predicted molar refractivity (Wildman–Crippen MR) is 242 cm³/mol. The van der Waals surface area contributed by atoms with Gasteiger partial charge in [0, 0.05) is 49.7 Å². The number of hydrogen-bond donors (Lipinski definition) is 0. The summed E-state index contributed by atoms with van der Waals surface area (Å²) in [4.78, 5) is 12.8. The van der Waals surface area contributed by atoms with E-state index in [9.17, 15) is 0 Å². The average Bonchev–Trinajstić information content (AvgIpc) is 3.63. The standard InChI is InChI=1S/C54H36N4/c1-3-15-37(16-4-1)38-29-31-40(32-30-38)53-48-25-9-11-26-49(48)55-54(56-53)41-33-34-47-46-24-10-12-27-51(46)58(52(47)35-41)44-22-14-21-43(36-44)57(42-19-5-2-6-20-42)50-28-13-18-39-17-7-8-23-45(39)50/h1-36H. The highest BCUT2D eigenvalue weighted by atomic mass is 15.1. The molecule has 2 heterocycles. The van der Waals surface area contributed by atoms with E-state index >= 15 is 0 Å². The van der Waals surface area contributed by atoms with Crippen LogP contribution in [0.25, 0.3) is 82.9 Å². The van der Waals surface area contributed by atoms with Crippen LogP contribution in [0.3, 0.4) is 0 Å². The van der Waals surface area contributed by atoms with Gasteiger partial charge in [-0.3, -0.25) is 0 Å². The minimum absolute atomic E-state index is 0.694. The number of para-hydroxylation sites is 3. The number of anilines is 3. The molecule has 0 atom stereocenters. The third-order valence-electron chi connectivity index (χ3n) is 11.2. The summed E-state index contributed by atoms with van der Waals surface area (Å²) in [5.41, 5.74) is 12.8. The van der Waals surface area contributed by atoms with Crippen molar-refractivity contribution in [2.75, 3.05) is 4.90 Å². The summed E-state index contributed by atoms with van der Waals surface area (Å²) in [6.45, 7) is 0. The zero-order chi connectivity index (χ0) is 38.4. The lowest BCUT2D eigenvalue weighted by Crippen LogP contribution is -2.11. The van der Waals surface area contributed by atoms with Crippen LogP contribution in [0.2, 0.25) is 0 Å². The van der Waals surface area contributed by atoms with E-state index in [-0.39, 0.29) is 0 Å². The number of fused-ring (bicyclic) bond motifs is 5. The van der Waals surface area contributed by atoms with Gasteiger partial charge in [0.05, 0.1) is 27.9 Å². The Balaban J connectivity index is 1.07. The highest BCUT2D eigenvalue weighted by Crippen LogP contribution is 2.41. The van der Waals surface area contributed by atoms with Crippen molar-refractivity contribution >= 4 is 60.5 Å². The molecule has 0 bridgehead atoms. The first-order valence-electron chi connectivity index (χ1n) is 19.7. The van der Waals surface area contributed by atoms with Crippen LogP contribution < -0.4 is 4.90 Å². The Morgan fingerprint density at radius 2 is 0.966 bits per heavy atom. The van der Waals surface area contributed by atoms with E-state index in [4.69, 9.17) is 9.97 Å². The molecule has 0 fully saturated rings. The van der Waals surface area contributed by atoms with Crippen LogP contribution in [0.15, 0.2) is 218 Å². The van der Waals surface area contributed by atoms with Crippen molar-refractivity contribution in [1.29, 1.82) is 0 Å². The average molecular weight is 741 g/mol. The second-order valence-electron chi connectivity index (χ2n) is 14.6. The molecule has 0 aliphatic rings. The lowest BCUT2D eigenvalue weighted by atomic mass is 10.0. The van der Waals surface area contributed by atoms with Gasteiger partial charge in [0.25, 0.3) is 0 Å². The van der Waals surface area contributed by atoms with Crippen molar-refractivity contribution in [3.05, 3.63) is 218 Å². The Kier molecular flexibility index (Phi) is 8.11. The molecule has 9 aromatic carbocycles. The molecule has 0 saturated heterocycles. The summed E-state index contributed by atoms with van der Waals surface area (Å²) in [6, 6.07) is 77.5. The van der Waals surface area contributed by atoms with E-state index in [0.29, 0.717) is 5.82 Å². The molecule has 272 valence electrons. The second-order valence-corrected chi connectivity index (χ2v) is 14.6. The maximum Gasteiger partial charge on any atom is 0.160 e. The summed E-state index contributed by atoms with van der Waals surface area (Å²) in [6.07, 6.45) is 0. The Morgan fingerprint density at radius 1 is 0.362 bits per heavy atom. The maximum absolute atomic E-state index is 5.31. The molecular weight excluding hydrogens is 705 g/mol. The van der Waals surface area contributed by atoms with Crippen LogP contribution >= 0.6 is 0 Å². The SMILES string of the molecule is c1ccc(-c2ccc(-c3nc(-c4ccc5c6ccccc6n(-c6cccc(N(c7ccccc7)c7cccc8ccccc78)c6)c5c4)nc4ccccc34)cc2)cc1. The van der Waals surface area contributed by atoms with Crippen LogP contribution in [0.5, 0.6) is 0 Å². The predicted octanol–water partition coefficient (Wildman–Crippen LogP) is 14.4. The van der Waals surface area contributed by atoms with E-state index in [1.807, 2.05) is 12.1 Å². The first-order valence-corrected chi connectivity index (χ1v) is 19.7. The van der Waals surface area contributed by atoms with Gasteiger partial charge in [0.2, 0.25) is 0 Å². The minimum Gasteiger partial charge on any atom is -0.310 e. The van der Waals surface area contributed by atoms with Gasteiger partial charge in [0.1, 0.15) is 0 Å². The van der Waals surface area contributed by atoms with Crippen LogP contribution in [-0.2, 0) is 0 Å². The van der Waals surface area contributed by atoms with Crippen LogP contribution in [-0.4, -0.2) is 14.5 Å². The minimum atomic E-state index is 0.694. The molecule has 0 unspecified atom stereocenters. The van der Waals surface area contributed by atoms with Gasteiger partial charge in [-0.1, -0.05) is 164 Å². The molecule has 11 aromatic rings.